The molecule has 2 atom stereocenters. The normalized spacial score (nSPS) is 21.4. The first-order valence-electron chi connectivity index (χ1n) is 6.63. The minimum atomic E-state index is -0.491. The van der Waals surface area contributed by atoms with E-state index in [0.717, 1.165) is 34.1 Å². The topological polar surface area (TPSA) is 46.2 Å². The molecular weight excluding hydrogens is 272 g/mol. The van der Waals surface area contributed by atoms with Crippen molar-refractivity contribution < 1.29 is 23.7 Å². The van der Waals surface area contributed by atoms with Crippen LogP contribution in [0.15, 0.2) is 36.4 Å². The Hall–Kier alpha value is -2.40. The van der Waals surface area contributed by atoms with E-state index in [2.05, 4.69) is 0 Å². The predicted octanol–water partition coefficient (Wildman–Crippen LogP) is 3.20. The van der Waals surface area contributed by atoms with Crippen molar-refractivity contribution in [1.29, 1.82) is 0 Å². The molecule has 2 aliphatic heterocycles. The zero-order chi connectivity index (χ0) is 14.4. The summed E-state index contributed by atoms with van der Waals surface area (Å²) in [6, 6.07) is 11.2. The van der Waals surface area contributed by atoms with Crippen LogP contribution < -0.4 is 18.9 Å². The van der Waals surface area contributed by atoms with E-state index >= 15 is 0 Å². The van der Waals surface area contributed by atoms with Gasteiger partial charge in [0.25, 0.3) is 0 Å². The molecule has 0 saturated carbocycles. The number of benzene rings is 2. The second-order valence-corrected chi connectivity index (χ2v) is 4.84. The zero-order valence-electron chi connectivity index (χ0n) is 11.7. The molecule has 5 nitrogen and oxygen atoms in total. The molecule has 0 aromatic heterocycles. The number of rotatable bonds is 2. The van der Waals surface area contributed by atoms with E-state index in [9.17, 15) is 0 Å². The van der Waals surface area contributed by atoms with Gasteiger partial charge in [-0.2, -0.15) is 0 Å². The first kappa shape index (κ1) is 12.3. The van der Waals surface area contributed by atoms with Crippen molar-refractivity contribution in [3.05, 3.63) is 47.5 Å². The summed E-state index contributed by atoms with van der Waals surface area (Å²) in [6.07, 6.45) is -0.982. The highest BCUT2D eigenvalue weighted by molar-refractivity contribution is 5.48. The maximum Gasteiger partial charge on any atom is 0.234 e. The van der Waals surface area contributed by atoms with E-state index in [1.54, 1.807) is 14.2 Å². The van der Waals surface area contributed by atoms with Crippen LogP contribution in [-0.2, 0) is 4.74 Å². The van der Waals surface area contributed by atoms with Gasteiger partial charge in [-0.15, -0.1) is 0 Å². The van der Waals surface area contributed by atoms with E-state index in [-0.39, 0.29) is 0 Å². The molecule has 2 aromatic carbocycles. The van der Waals surface area contributed by atoms with Crippen LogP contribution in [0.25, 0.3) is 0 Å². The Morgan fingerprint density at radius 2 is 1.24 bits per heavy atom. The van der Waals surface area contributed by atoms with Gasteiger partial charge in [-0.25, -0.2) is 0 Å². The third kappa shape index (κ3) is 1.89. The lowest BCUT2D eigenvalue weighted by Gasteiger charge is -2.37. The second-order valence-electron chi connectivity index (χ2n) is 4.84. The third-order valence-corrected chi connectivity index (χ3v) is 3.66. The number of fused-ring (bicyclic) bond motifs is 6. The summed E-state index contributed by atoms with van der Waals surface area (Å²) in [5.41, 5.74) is 1.65. The first-order valence-corrected chi connectivity index (χ1v) is 6.63. The Labute approximate surface area is 122 Å². The van der Waals surface area contributed by atoms with Crippen molar-refractivity contribution in [2.75, 3.05) is 14.2 Å². The Morgan fingerprint density at radius 3 is 1.67 bits per heavy atom. The summed E-state index contributed by atoms with van der Waals surface area (Å²) in [7, 11) is 3.25. The lowest BCUT2D eigenvalue weighted by Crippen LogP contribution is -2.30. The maximum absolute atomic E-state index is 5.91. The molecule has 0 saturated heterocycles. The maximum atomic E-state index is 5.91. The van der Waals surface area contributed by atoms with Gasteiger partial charge in [-0.1, -0.05) is 0 Å². The molecule has 2 aromatic rings. The van der Waals surface area contributed by atoms with E-state index in [1.165, 1.54) is 0 Å². The van der Waals surface area contributed by atoms with Crippen molar-refractivity contribution in [3.63, 3.8) is 0 Å². The van der Waals surface area contributed by atoms with Crippen LogP contribution in [0.4, 0.5) is 0 Å². The van der Waals surface area contributed by atoms with E-state index < -0.39 is 12.6 Å². The zero-order valence-corrected chi connectivity index (χ0v) is 11.7. The molecule has 0 amide bonds. The van der Waals surface area contributed by atoms with Crippen LogP contribution in [0.3, 0.4) is 0 Å². The number of ether oxygens (including phenoxy) is 5. The molecule has 2 aliphatic rings. The van der Waals surface area contributed by atoms with Crippen molar-refractivity contribution in [2.24, 2.45) is 0 Å². The molecule has 0 N–H and O–H groups in total. The third-order valence-electron chi connectivity index (χ3n) is 3.66. The molecule has 2 heterocycles. The van der Waals surface area contributed by atoms with Crippen molar-refractivity contribution in [2.45, 2.75) is 12.6 Å². The van der Waals surface area contributed by atoms with Gasteiger partial charge in [0, 0.05) is 0 Å². The summed E-state index contributed by atoms with van der Waals surface area (Å²) in [5.74, 6) is 2.96. The fourth-order valence-corrected chi connectivity index (χ4v) is 2.56. The van der Waals surface area contributed by atoms with Crippen molar-refractivity contribution in [3.8, 4) is 23.0 Å². The Morgan fingerprint density at radius 1 is 0.762 bits per heavy atom. The van der Waals surface area contributed by atoms with Gasteiger partial charge in [0.15, 0.2) is 0 Å². The standard InChI is InChI=1S/C16H14O5/c1-17-9-3-5-13-11(7-9)15-20-14-6-4-10(18-2)8-12(14)16(19-13)21-15/h3-8,15-16H,1-2H3. The number of hydrogen-bond acceptors (Lipinski definition) is 5. The summed E-state index contributed by atoms with van der Waals surface area (Å²) in [4.78, 5) is 0. The fourth-order valence-electron chi connectivity index (χ4n) is 2.56. The van der Waals surface area contributed by atoms with Gasteiger partial charge < -0.3 is 18.9 Å². The Balaban J connectivity index is 1.77. The van der Waals surface area contributed by atoms with Crippen molar-refractivity contribution in [1.82, 2.24) is 0 Å². The van der Waals surface area contributed by atoms with Gasteiger partial charge in [0.2, 0.25) is 12.6 Å². The van der Waals surface area contributed by atoms with Crippen molar-refractivity contribution >= 4 is 0 Å². The molecule has 0 spiro atoms. The summed E-state index contributed by atoms with van der Waals surface area (Å²) >= 11 is 0. The SMILES string of the molecule is COc1ccc2c(c1)C1Oc3ccc(OC)cc3C(O2)O1. The van der Waals surface area contributed by atoms with Crippen LogP contribution >= 0.6 is 0 Å². The molecule has 0 fully saturated rings. The van der Waals surface area contributed by atoms with E-state index in [1.807, 2.05) is 36.4 Å². The van der Waals surface area contributed by atoms with Gasteiger partial charge in [-0.3, -0.25) is 4.74 Å². The summed E-state index contributed by atoms with van der Waals surface area (Å²) in [6.45, 7) is 0. The van der Waals surface area contributed by atoms with Gasteiger partial charge >= 0.3 is 0 Å². The summed E-state index contributed by atoms with van der Waals surface area (Å²) in [5, 5.41) is 0. The molecule has 5 heteroatoms. The predicted molar refractivity (Wildman–Crippen MR) is 73.8 cm³/mol. The molecule has 4 rings (SSSR count). The lowest BCUT2D eigenvalue weighted by atomic mass is 10.1. The minimum absolute atomic E-state index is 0.491. The van der Waals surface area contributed by atoms with Crippen LogP contribution in [0.5, 0.6) is 23.0 Å². The van der Waals surface area contributed by atoms with E-state index in [0.29, 0.717) is 0 Å². The molecule has 21 heavy (non-hydrogen) atoms. The van der Waals surface area contributed by atoms with Crippen LogP contribution in [0.2, 0.25) is 0 Å². The molecule has 0 radical (unpaired) electrons. The second kappa shape index (κ2) is 4.56. The Kier molecular flexibility index (Phi) is 2.68. The van der Waals surface area contributed by atoms with Crippen LogP contribution in [-0.4, -0.2) is 14.2 Å². The Bertz CT molecular complexity index is 638. The quantitative estimate of drug-likeness (QED) is 0.848. The van der Waals surface area contributed by atoms with Crippen LogP contribution in [0, 0.1) is 0 Å². The molecule has 108 valence electrons. The average molecular weight is 286 g/mol. The highest BCUT2D eigenvalue weighted by atomic mass is 16.8. The average Bonchev–Trinajstić information content (AvgIpc) is 2.54. The number of methoxy groups -OCH3 is 2. The molecule has 2 unspecified atom stereocenters. The molecule has 0 aliphatic carbocycles. The largest absolute Gasteiger partial charge is 0.497 e. The lowest BCUT2D eigenvalue weighted by molar-refractivity contribution is -0.227. The molecule has 2 bridgehead atoms. The molecular formula is C16H14O5. The number of hydrogen-bond donors (Lipinski definition) is 0. The highest BCUT2D eigenvalue weighted by Crippen LogP contribution is 2.48. The van der Waals surface area contributed by atoms with Crippen LogP contribution in [0.1, 0.15) is 23.7 Å². The smallest absolute Gasteiger partial charge is 0.234 e. The van der Waals surface area contributed by atoms with Gasteiger partial charge in [-0.05, 0) is 36.4 Å². The van der Waals surface area contributed by atoms with Gasteiger partial charge in [0.1, 0.15) is 23.0 Å². The summed E-state index contributed by atoms with van der Waals surface area (Å²) < 4.78 is 28.1. The monoisotopic (exact) mass is 286 g/mol. The van der Waals surface area contributed by atoms with Gasteiger partial charge in [0.05, 0.1) is 25.3 Å². The minimum Gasteiger partial charge on any atom is -0.497 e. The highest BCUT2D eigenvalue weighted by Gasteiger charge is 2.38. The van der Waals surface area contributed by atoms with E-state index in [4.69, 9.17) is 23.7 Å². The fraction of sp³-hybridized carbons (Fsp3) is 0.250. The first-order chi connectivity index (χ1) is 10.3.